The molecule has 0 unspecified atom stereocenters. The van der Waals surface area contributed by atoms with Crippen molar-refractivity contribution < 1.29 is 0 Å². The molecule has 1 heterocycles. The highest BCUT2D eigenvalue weighted by atomic mass is 14.9. The molecule has 2 heteroatoms. The Labute approximate surface area is 72.6 Å². The second kappa shape index (κ2) is 3.72. The maximum absolute atomic E-state index is 3.95. The molecular formula is C10H12N2. The summed E-state index contributed by atoms with van der Waals surface area (Å²) in [5, 5.41) is 0. The first-order valence-corrected chi connectivity index (χ1v) is 3.71. The fraction of sp³-hybridized carbons (Fsp3) is 0.100. The van der Waals surface area contributed by atoms with Crippen molar-refractivity contribution in [1.82, 2.24) is 4.57 Å². The highest BCUT2D eigenvalue weighted by Gasteiger charge is 1.98. The Kier molecular flexibility index (Phi) is 2.64. The summed E-state index contributed by atoms with van der Waals surface area (Å²) in [6.45, 7) is 7.22. The predicted octanol–water partition coefficient (Wildman–Crippen LogP) is 2.23. The van der Waals surface area contributed by atoms with E-state index < -0.39 is 0 Å². The fourth-order valence-corrected chi connectivity index (χ4v) is 1.02. The Bertz CT molecular complexity index is 319. The lowest BCUT2D eigenvalue weighted by atomic mass is 10.2. The van der Waals surface area contributed by atoms with Crippen LogP contribution in [-0.2, 0) is 7.05 Å². The van der Waals surface area contributed by atoms with Crippen LogP contribution < -0.4 is 0 Å². The number of nitrogens with zero attached hydrogens (tertiary/aromatic N) is 2. The topological polar surface area (TPSA) is 17.3 Å². The third kappa shape index (κ3) is 1.53. The second-order valence-corrected chi connectivity index (χ2v) is 2.43. The zero-order chi connectivity index (χ0) is 8.97. The molecule has 1 aromatic heterocycles. The van der Waals surface area contributed by atoms with Crippen LogP contribution in [0, 0.1) is 0 Å². The van der Waals surface area contributed by atoms with Crippen LogP contribution in [-0.4, -0.2) is 10.8 Å². The molecule has 0 bridgehead atoms. The van der Waals surface area contributed by atoms with Crippen molar-refractivity contribution in [1.29, 1.82) is 0 Å². The quantitative estimate of drug-likeness (QED) is 0.603. The summed E-state index contributed by atoms with van der Waals surface area (Å²) in [5.74, 6) is 0. The number of rotatable bonds is 3. The molecule has 0 fully saturated rings. The van der Waals surface area contributed by atoms with E-state index in [9.17, 15) is 0 Å². The van der Waals surface area contributed by atoms with Crippen LogP contribution in [0.1, 0.15) is 11.3 Å². The van der Waals surface area contributed by atoms with Crippen molar-refractivity contribution in [2.75, 3.05) is 0 Å². The average molecular weight is 160 g/mol. The SMILES string of the molecule is C=CN=Cc1c(C=C)ccn1C. The van der Waals surface area contributed by atoms with E-state index >= 15 is 0 Å². The lowest BCUT2D eigenvalue weighted by molar-refractivity contribution is 0.917. The summed E-state index contributed by atoms with van der Waals surface area (Å²) in [5.41, 5.74) is 2.13. The van der Waals surface area contributed by atoms with Gasteiger partial charge in [-0.15, -0.1) is 0 Å². The van der Waals surface area contributed by atoms with Crippen LogP contribution in [0.3, 0.4) is 0 Å². The second-order valence-electron chi connectivity index (χ2n) is 2.43. The normalized spacial score (nSPS) is 10.4. The molecule has 0 amide bonds. The molecule has 62 valence electrons. The Hall–Kier alpha value is -1.57. The number of hydrogen-bond acceptors (Lipinski definition) is 1. The van der Waals surface area contributed by atoms with Gasteiger partial charge in [0.05, 0.1) is 11.9 Å². The van der Waals surface area contributed by atoms with E-state index in [0.717, 1.165) is 11.3 Å². The van der Waals surface area contributed by atoms with Gasteiger partial charge in [-0.3, -0.25) is 4.99 Å². The maximum Gasteiger partial charge on any atom is 0.0663 e. The largest absolute Gasteiger partial charge is 0.349 e. The molecule has 0 saturated heterocycles. The molecule has 1 rings (SSSR count). The van der Waals surface area contributed by atoms with Crippen molar-refractivity contribution in [3.8, 4) is 0 Å². The standard InChI is InChI=1S/C10H12N2/c1-4-9-6-7-12(3)10(9)8-11-5-2/h4-8H,1-2H2,3H3. The van der Waals surface area contributed by atoms with Gasteiger partial charge in [0, 0.05) is 25.0 Å². The van der Waals surface area contributed by atoms with Gasteiger partial charge in [0.25, 0.3) is 0 Å². The summed E-state index contributed by atoms with van der Waals surface area (Å²) < 4.78 is 1.99. The molecule has 0 radical (unpaired) electrons. The van der Waals surface area contributed by atoms with Gasteiger partial charge in [-0.1, -0.05) is 19.2 Å². The van der Waals surface area contributed by atoms with E-state index in [1.54, 1.807) is 6.21 Å². The van der Waals surface area contributed by atoms with E-state index in [-0.39, 0.29) is 0 Å². The van der Waals surface area contributed by atoms with Crippen molar-refractivity contribution in [3.63, 3.8) is 0 Å². The molecule has 0 N–H and O–H groups in total. The van der Waals surface area contributed by atoms with E-state index in [1.165, 1.54) is 6.20 Å². The molecule has 0 aliphatic heterocycles. The van der Waals surface area contributed by atoms with Gasteiger partial charge in [0.2, 0.25) is 0 Å². The molecule has 0 aliphatic rings. The zero-order valence-corrected chi connectivity index (χ0v) is 7.20. The molecule has 0 atom stereocenters. The van der Waals surface area contributed by atoms with Gasteiger partial charge < -0.3 is 4.57 Å². The van der Waals surface area contributed by atoms with Gasteiger partial charge in [0.1, 0.15) is 0 Å². The molecule has 0 aromatic carbocycles. The highest BCUT2D eigenvalue weighted by molar-refractivity contribution is 5.83. The third-order valence-corrected chi connectivity index (χ3v) is 1.68. The molecule has 0 spiro atoms. The lowest BCUT2D eigenvalue weighted by Gasteiger charge is -1.96. The van der Waals surface area contributed by atoms with Gasteiger partial charge >= 0.3 is 0 Å². The van der Waals surface area contributed by atoms with Crippen LogP contribution >= 0.6 is 0 Å². The zero-order valence-electron chi connectivity index (χ0n) is 7.20. The van der Waals surface area contributed by atoms with Gasteiger partial charge in [-0.25, -0.2) is 0 Å². The molecule has 12 heavy (non-hydrogen) atoms. The summed E-state index contributed by atoms with van der Waals surface area (Å²) in [6.07, 6.45) is 7.07. The van der Waals surface area contributed by atoms with Gasteiger partial charge in [-0.05, 0) is 6.07 Å². The van der Waals surface area contributed by atoms with Crippen molar-refractivity contribution >= 4 is 12.3 Å². The van der Waals surface area contributed by atoms with Crippen LogP contribution in [0.2, 0.25) is 0 Å². The first-order valence-electron chi connectivity index (χ1n) is 3.71. The lowest BCUT2D eigenvalue weighted by Crippen LogP contribution is -1.94. The van der Waals surface area contributed by atoms with Gasteiger partial charge in [0.15, 0.2) is 0 Å². The summed E-state index contributed by atoms with van der Waals surface area (Å²) in [7, 11) is 1.97. The Morgan fingerprint density at radius 2 is 2.25 bits per heavy atom. The number of hydrogen-bond donors (Lipinski definition) is 0. The van der Waals surface area contributed by atoms with E-state index in [0.29, 0.717) is 0 Å². The molecular weight excluding hydrogens is 148 g/mol. The van der Waals surface area contributed by atoms with Gasteiger partial charge in [-0.2, -0.15) is 0 Å². The molecule has 0 saturated carbocycles. The minimum atomic E-state index is 1.05. The molecule has 1 aromatic rings. The van der Waals surface area contributed by atoms with E-state index in [4.69, 9.17) is 0 Å². The minimum Gasteiger partial charge on any atom is -0.349 e. The summed E-state index contributed by atoms with van der Waals surface area (Å²) in [4.78, 5) is 3.95. The Morgan fingerprint density at radius 3 is 2.83 bits per heavy atom. The summed E-state index contributed by atoms with van der Waals surface area (Å²) in [6, 6.07) is 2.00. The maximum atomic E-state index is 3.95. The van der Waals surface area contributed by atoms with E-state index in [1.807, 2.05) is 30.0 Å². The minimum absolute atomic E-state index is 1.05. The van der Waals surface area contributed by atoms with Crippen LogP contribution in [0.5, 0.6) is 0 Å². The number of aromatic nitrogens is 1. The third-order valence-electron chi connectivity index (χ3n) is 1.68. The predicted molar refractivity (Wildman–Crippen MR) is 53.3 cm³/mol. The smallest absolute Gasteiger partial charge is 0.0663 e. The molecule has 2 nitrogen and oxygen atoms in total. The summed E-state index contributed by atoms with van der Waals surface area (Å²) >= 11 is 0. The highest BCUT2D eigenvalue weighted by Crippen LogP contribution is 2.08. The van der Waals surface area contributed by atoms with E-state index in [2.05, 4.69) is 18.2 Å². The first kappa shape index (κ1) is 8.53. The monoisotopic (exact) mass is 160 g/mol. The number of aryl methyl sites for hydroxylation is 1. The average Bonchev–Trinajstić information content (AvgIpc) is 2.43. The number of aliphatic imine (C=N–C) groups is 1. The van der Waals surface area contributed by atoms with Crippen molar-refractivity contribution in [3.05, 3.63) is 42.9 Å². The van der Waals surface area contributed by atoms with Crippen LogP contribution in [0.25, 0.3) is 6.08 Å². The first-order chi connectivity index (χ1) is 5.79. The van der Waals surface area contributed by atoms with Crippen LogP contribution in [0.4, 0.5) is 0 Å². The van der Waals surface area contributed by atoms with Crippen molar-refractivity contribution in [2.45, 2.75) is 0 Å². The Balaban J connectivity index is 3.09. The van der Waals surface area contributed by atoms with Crippen LogP contribution in [0.15, 0.2) is 36.6 Å². The Morgan fingerprint density at radius 1 is 1.50 bits per heavy atom. The molecule has 0 aliphatic carbocycles. The van der Waals surface area contributed by atoms with Crippen molar-refractivity contribution in [2.24, 2.45) is 12.0 Å². The fourth-order valence-electron chi connectivity index (χ4n) is 1.02.